The van der Waals surface area contributed by atoms with Crippen LogP contribution >= 0.6 is 0 Å². The second kappa shape index (κ2) is 15.5. The number of carbonyl (C=O) groups excluding carboxylic acids is 1. The molecule has 240 valence electrons. The third-order valence-corrected chi connectivity index (χ3v) is 8.86. The van der Waals surface area contributed by atoms with Gasteiger partial charge in [0, 0.05) is 44.2 Å². The highest BCUT2D eigenvalue weighted by molar-refractivity contribution is 5.74. The number of hydrogen-bond donors (Lipinski definition) is 3. The molecule has 2 aliphatic rings. The van der Waals surface area contributed by atoms with E-state index in [1.165, 1.54) is 0 Å². The zero-order chi connectivity index (χ0) is 31.7. The van der Waals surface area contributed by atoms with E-state index in [-0.39, 0.29) is 30.8 Å². The Morgan fingerprint density at radius 2 is 1.43 bits per heavy atom. The van der Waals surface area contributed by atoms with Gasteiger partial charge in [-0.2, -0.15) is 0 Å². The maximum Gasteiger partial charge on any atom is 0.315 e. The van der Waals surface area contributed by atoms with E-state index in [1.807, 2.05) is 54.6 Å². The molecule has 4 aromatic rings. The molecule has 4 atom stereocenters. The van der Waals surface area contributed by atoms with Crippen molar-refractivity contribution in [2.75, 3.05) is 32.8 Å². The van der Waals surface area contributed by atoms with Gasteiger partial charge >= 0.3 is 6.03 Å². The van der Waals surface area contributed by atoms with Crippen LogP contribution in [0, 0.1) is 5.92 Å². The summed E-state index contributed by atoms with van der Waals surface area (Å²) in [5.74, 6) is 0.134. The van der Waals surface area contributed by atoms with Crippen LogP contribution in [-0.4, -0.2) is 55.0 Å². The van der Waals surface area contributed by atoms with Gasteiger partial charge in [-0.05, 0) is 39.4 Å². The van der Waals surface area contributed by atoms with Gasteiger partial charge in [0.15, 0.2) is 6.29 Å². The van der Waals surface area contributed by atoms with Crippen molar-refractivity contribution >= 4 is 6.03 Å². The molecule has 8 heteroatoms. The summed E-state index contributed by atoms with van der Waals surface area (Å²) in [5, 5.41) is 15.4. The molecule has 2 fully saturated rings. The highest BCUT2D eigenvalue weighted by Crippen LogP contribution is 2.42. The standard InChI is InChI=1S/C38H43N3O5/c1-27-35(25-41-18-20-44-21-19-41)45-37(46-36(27)32-12-10-29(26-42)11-13-32)33-16-14-31(15-17-33)34-9-5-8-30(22-34)24-40-38(43)39-23-28-6-3-2-4-7-28/h2-17,22,27,35-37,42H,18-21,23-26H2,1H3,(H2,39,40,43). The second-order valence-electron chi connectivity index (χ2n) is 12.1. The molecule has 0 spiro atoms. The number of ether oxygens (including phenoxy) is 3. The highest BCUT2D eigenvalue weighted by Gasteiger charge is 2.39. The van der Waals surface area contributed by atoms with Crippen LogP contribution in [0.15, 0.2) is 103 Å². The molecule has 46 heavy (non-hydrogen) atoms. The number of carbonyl (C=O) groups is 1. The van der Waals surface area contributed by atoms with Crippen molar-refractivity contribution in [2.24, 2.45) is 5.92 Å². The molecule has 2 heterocycles. The van der Waals surface area contributed by atoms with Gasteiger partial charge in [-0.25, -0.2) is 4.79 Å². The smallest absolute Gasteiger partial charge is 0.315 e. The number of morpholine rings is 1. The largest absolute Gasteiger partial charge is 0.392 e. The lowest BCUT2D eigenvalue weighted by molar-refractivity contribution is -0.277. The Morgan fingerprint density at radius 3 is 2.15 bits per heavy atom. The average Bonchev–Trinajstić information content (AvgIpc) is 3.12. The number of aliphatic hydroxyl groups excluding tert-OH is 1. The van der Waals surface area contributed by atoms with Crippen molar-refractivity contribution in [3.63, 3.8) is 0 Å². The van der Waals surface area contributed by atoms with Crippen molar-refractivity contribution in [2.45, 2.75) is 45.1 Å². The number of amides is 2. The number of urea groups is 1. The SMILES string of the molecule is CC1C(CN2CCOCC2)OC(c2ccc(-c3cccc(CNC(=O)NCc4ccccc4)c3)cc2)OC1c1ccc(CO)cc1. The Kier molecular flexibility index (Phi) is 10.7. The Hall–Kier alpha value is -4.05. The summed E-state index contributed by atoms with van der Waals surface area (Å²) in [6.45, 7) is 7.23. The quantitative estimate of drug-likeness (QED) is 0.202. The lowest BCUT2D eigenvalue weighted by atomic mass is 9.90. The minimum atomic E-state index is -0.510. The van der Waals surface area contributed by atoms with E-state index in [4.69, 9.17) is 14.2 Å². The summed E-state index contributed by atoms with van der Waals surface area (Å²) >= 11 is 0. The summed E-state index contributed by atoms with van der Waals surface area (Å²) in [5.41, 5.74) is 7.15. The summed E-state index contributed by atoms with van der Waals surface area (Å²) in [6.07, 6.45) is -0.678. The monoisotopic (exact) mass is 621 g/mol. The number of aliphatic hydroxyl groups is 1. The number of nitrogens with zero attached hydrogens (tertiary/aromatic N) is 1. The Bertz CT molecular complexity index is 1540. The van der Waals surface area contributed by atoms with E-state index < -0.39 is 6.29 Å². The molecule has 4 aromatic carbocycles. The average molecular weight is 622 g/mol. The first-order valence-electron chi connectivity index (χ1n) is 16.1. The third kappa shape index (κ3) is 8.20. The Morgan fingerprint density at radius 1 is 0.761 bits per heavy atom. The predicted molar refractivity (Wildman–Crippen MR) is 178 cm³/mol. The van der Waals surface area contributed by atoms with Crippen LogP contribution in [-0.2, 0) is 33.9 Å². The van der Waals surface area contributed by atoms with E-state index in [2.05, 4.69) is 71.0 Å². The maximum absolute atomic E-state index is 12.4. The topological polar surface area (TPSA) is 92.3 Å². The van der Waals surface area contributed by atoms with Crippen molar-refractivity contribution < 1.29 is 24.1 Å². The van der Waals surface area contributed by atoms with E-state index in [1.54, 1.807) is 0 Å². The molecule has 2 amide bonds. The molecule has 4 unspecified atom stereocenters. The first-order valence-corrected chi connectivity index (χ1v) is 16.1. The van der Waals surface area contributed by atoms with E-state index in [0.717, 1.165) is 71.8 Å². The van der Waals surface area contributed by atoms with Gasteiger partial charge < -0.3 is 30.0 Å². The molecule has 6 rings (SSSR count). The maximum atomic E-state index is 12.4. The number of nitrogens with one attached hydrogen (secondary N) is 2. The van der Waals surface area contributed by atoms with Crippen LogP contribution in [0.5, 0.6) is 0 Å². The third-order valence-electron chi connectivity index (χ3n) is 8.86. The van der Waals surface area contributed by atoms with Crippen LogP contribution < -0.4 is 10.6 Å². The lowest BCUT2D eigenvalue weighted by Crippen LogP contribution is -2.47. The van der Waals surface area contributed by atoms with Gasteiger partial charge in [-0.15, -0.1) is 0 Å². The van der Waals surface area contributed by atoms with E-state index >= 15 is 0 Å². The van der Waals surface area contributed by atoms with E-state index in [0.29, 0.717) is 13.1 Å². The molecule has 0 saturated carbocycles. The lowest BCUT2D eigenvalue weighted by Gasteiger charge is -2.43. The van der Waals surface area contributed by atoms with Crippen LogP contribution in [0.4, 0.5) is 4.79 Å². The fourth-order valence-electron chi connectivity index (χ4n) is 6.08. The van der Waals surface area contributed by atoms with Crippen LogP contribution in [0.3, 0.4) is 0 Å². The molecular formula is C38H43N3O5. The molecule has 2 saturated heterocycles. The van der Waals surface area contributed by atoms with Crippen LogP contribution in [0.1, 0.15) is 47.1 Å². The normalized spacial score (nSPS) is 21.9. The van der Waals surface area contributed by atoms with Gasteiger partial charge in [0.05, 0.1) is 32.0 Å². The molecular weight excluding hydrogens is 578 g/mol. The summed E-state index contributed by atoms with van der Waals surface area (Å²) < 4.78 is 18.9. The molecule has 0 radical (unpaired) electrons. The molecule has 2 aliphatic heterocycles. The Labute approximate surface area is 271 Å². The zero-order valence-electron chi connectivity index (χ0n) is 26.3. The highest BCUT2D eigenvalue weighted by atomic mass is 16.7. The second-order valence-corrected chi connectivity index (χ2v) is 12.1. The van der Waals surface area contributed by atoms with Gasteiger partial charge in [0.1, 0.15) is 0 Å². The molecule has 0 aliphatic carbocycles. The first-order chi connectivity index (χ1) is 22.6. The van der Waals surface area contributed by atoms with E-state index in [9.17, 15) is 9.90 Å². The molecule has 0 aromatic heterocycles. The molecule has 0 bridgehead atoms. The van der Waals surface area contributed by atoms with Gasteiger partial charge in [-0.3, -0.25) is 4.90 Å². The summed E-state index contributed by atoms with van der Waals surface area (Å²) in [7, 11) is 0. The zero-order valence-corrected chi connectivity index (χ0v) is 26.3. The van der Waals surface area contributed by atoms with Crippen LogP contribution in [0.2, 0.25) is 0 Å². The fraction of sp³-hybridized carbons (Fsp3) is 0.342. The minimum Gasteiger partial charge on any atom is -0.392 e. The minimum absolute atomic E-state index is 0.0165. The fourth-order valence-corrected chi connectivity index (χ4v) is 6.08. The number of hydrogen-bond acceptors (Lipinski definition) is 6. The Balaban J connectivity index is 1.12. The number of rotatable bonds is 10. The number of benzene rings is 4. The molecule has 8 nitrogen and oxygen atoms in total. The van der Waals surface area contributed by atoms with Gasteiger partial charge in [-0.1, -0.05) is 104 Å². The van der Waals surface area contributed by atoms with Gasteiger partial charge in [0.2, 0.25) is 0 Å². The van der Waals surface area contributed by atoms with Gasteiger partial charge in [0.25, 0.3) is 0 Å². The van der Waals surface area contributed by atoms with Crippen LogP contribution in [0.25, 0.3) is 11.1 Å². The van der Waals surface area contributed by atoms with Crippen molar-refractivity contribution in [3.8, 4) is 11.1 Å². The van der Waals surface area contributed by atoms with Crippen molar-refractivity contribution in [1.82, 2.24) is 15.5 Å². The first kappa shape index (κ1) is 31.9. The van der Waals surface area contributed by atoms with Crippen molar-refractivity contribution in [3.05, 3.63) is 131 Å². The summed E-state index contributed by atoms with van der Waals surface area (Å²) in [4.78, 5) is 14.8. The van der Waals surface area contributed by atoms with Crippen molar-refractivity contribution in [1.29, 1.82) is 0 Å². The summed E-state index contributed by atoms with van der Waals surface area (Å²) in [6, 6.07) is 34.3. The predicted octanol–water partition coefficient (Wildman–Crippen LogP) is 5.97. The molecule has 3 N–H and O–H groups in total.